The van der Waals surface area contributed by atoms with E-state index in [2.05, 4.69) is 16.8 Å². The maximum atomic E-state index is 13.1. The fourth-order valence-corrected chi connectivity index (χ4v) is 4.63. The Labute approximate surface area is 167 Å². The molecule has 0 bridgehead atoms. The van der Waals surface area contributed by atoms with Gasteiger partial charge in [-0.3, -0.25) is 4.79 Å². The summed E-state index contributed by atoms with van der Waals surface area (Å²) >= 11 is 1.38. The van der Waals surface area contributed by atoms with E-state index in [-0.39, 0.29) is 11.7 Å². The largest absolute Gasteiger partial charge is 0.397 e. The van der Waals surface area contributed by atoms with Crippen LogP contribution in [0.2, 0.25) is 0 Å². The van der Waals surface area contributed by atoms with Gasteiger partial charge in [0.15, 0.2) is 0 Å². The molecule has 1 aromatic carbocycles. The average Bonchev–Trinajstić information content (AvgIpc) is 3.04. The molecule has 3 aromatic rings. The van der Waals surface area contributed by atoms with Crippen molar-refractivity contribution in [3.63, 3.8) is 0 Å². The maximum Gasteiger partial charge on any atom is 0.266 e. The van der Waals surface area contributed by atoms with E-state index in [1.165, 1.54) is 23.5 Å². The van der Waals surface area contributed by atoms with Crippen LogP contribution in [0, 0.1) is 5.82 Å². The third kappa shape index (κ3) is 3.54. The molecule has 5 nitrogen and oxygen atoms in total. The number of rotatable bonds is 4. The molecule has 3 heterocycles. The second kappa shape index (κ2) is 7.75. The van der Waals surface area contributed by atoms with Crippen LogP contribution in [0.25, 0.3) is 10.2 Å². The van der Waals surface area contributed by atoms with Gasteiger partial charge in [0.25, 0.3) is 5.91 Å². The van der Waals surface area contributed by atoms with E-state index in [0.717, 1.165) is 34.4 Å². The lowest BCUT2D eigenvalue weighted by Crippen LogP contribution is -2.48. The van der Waals surface area contributed by atoms with Gasteiger partial charge in [-0.05, 0) is 42.8 Å². The van der Waals surface area contributed by atoms with Crippen molar-refractivity contribution in [2.24, 2.45) is 0 Å². The predicted octanol–water partition coefficient (Wildman–Crippen LogP) is 3.93. The van der Waals surface area contributed by atoms with E-state index in [1.54, 1.807) is 12.1 Å². The van der Waals surface area contributed by atoms with Gasteiger partial charge in [-0.1, -0.05) is 13.3 Å². The number of benzene rings is 1. The third-order valence-corrected chi connectivity index (χ3v) is 6.21. The van der Waals surface area contributed by atoms with Gasteiger partial charge in [-0.2, -0.15) is 0 Å². The monoisotopic (exact) mass is 398 g/mol. The van der Waals surface area contributed by atoms with E-state index in [4.69, 9.17) is 5.73 Å². The third-order valence-electron chi connectivity index (χ3n) is 5.11. The highest BCUT2D eigenvalue weighted by molar-refractivity contribution is 7.21. The highest BCUT2D eigenvalue weighted by Crippen LogP contribution is 2.34. The second-order valence-corrected chi connectivity index (χ2v) is 8.00. The van der Waals surface area contributed by atoms with Crippen molar-refractivity contribution in [2.45, 2.75) is 19.8 Å². The number of hydrogen-bond donors (Lipinski definition) is 1. The molecule has 2 aromatic heterocycles. The summed E-state index contributed by atoms with van der Waals surface area (Å²) in [5, 5.41) is 0.859. The lowest BCUT2D eigenvalue weighted by Gasteiger charge is -2.36. The Balaban J connectivity index is 1.49. The average molecular weight is 399 g/mol. The summed E-state index contributed by atoms with van der Waals surface area (Å²) in [4.78, 5) is 23.1. The van der Waals surface area contributed by atoms with Gasteiger partial charge in [0, 0.05) is 42.9 Å². The fourth-order valence-electron chi connectivity index (χ4n) is 3.55. The number of nitrogen functional groups attached to an aromatic ring is 1. The van der Waals surface area contributed by atoms with Gasteiger partial charge in [-0.15, -0.1) is 11.3 Å². The van der Waals surface area contributed by atoms with Crippen LogP contribution >= 0.6 is 11.3 Å². The van der Waals surface area contributed by atoms with Crippen molar-refractivity contribution >= 4 is 38.8 Å². The van der Waals surface area contributed by atoms with Gasteiger partial charge in [-0.25, -0.2) is 9.37 Å². The Morgan fingerprint density at radius 2 is 1.86 bits per heavy atom. The smallest absolute Gasteiger partial charge is 0.266 e. The van der Waals surface area contributed by atoms with Crippen molar-refractivity contribution in [1.29, 1.82) is 0 Å². The topological polar surface area (TPSA) is 62.5 Å². The Kier molecular flexibility index (Phi) is 5.17. The van der Waals surface area contributed by atoms with Gasteiger partial charge in [0.05, 0.1) is 5.69 Å². The molecule has 1 aliphatic rings. The zero-order valence-corrected chi connectivity index (χ0v) is 16.6. The number of piperazine rings is 1. The zero-order valence-electron chi connectivity index (χ0n) is 15.8. The van der Waals surface area contributed by atoms with Crippen molar-refractivity contribution < 1.29 is 9.18 Å². The molecular weight excluding hydrogens is 375 g/mol. The van der Waals surface area contributed by atoms with Crippen LogP contribution in [0.1, 0.15) is 28.7 Å². The Bertz CT molecular complexity index is 994. The number of thiophene rings is 1. The molecule has 1 amide bonds. The van der Waals surface area contributed by atoms with Crippen molar-refractivity contribution in [3.05, 3.63) is 52.8 Å². The highest BCUT2D eigenvalue weighted by atomic mass is 32.1. The van der Waals surface area contributed by atoms with Crippen LogP contribution in [-0.2, 0) is 6.42 Å². The van der Waals surface area contributed by atoms with Crippen LogP contribution in [0.3, 0.4) is 0 Å². The number of fused-ring (bicyclic) bond motifs is 1. The number of nitrogens with zero attached hydrogens (tertiary/aromatic N) is 3. The summed E-state index contributed by atoms with van der Waals surface area (Å²) in [6.45, 7) is 4.76. The fraction of sp³-hybridized carbons (Fsp3) is 0.333. The molecule has 1 fully saturated rings. The molecular formula is C21H23FN4OS. The number of carbonyl (C=O) groups is 1. The number of aryl methyl sites for hydroxylation is 1. The SMILES string of the molecule is CCCc1ccc2c(N)c(C(=O)N3CCN(c4ccc(F)cc4)CC3)sc2n1. The Hall–Kier alpha value is -2.67. The summed E-state index contributed by atoms with van der Waals surface area (Å²) < 4.78 is 13.1. The summed E-state index contributed by atoms with van der Waals surface area (Å²) in [7, 11) is 0. The molecule has 4 rings (SSSR count). The molecule has 0 saturated carbocycles. The molecule has 0 atom stereocenters. The lowest BCUT2D eigenvalue weighted by molar-refractivity contribution is 0.0752. The van der Waals surface area contributed by atoms with Crippen LogP contribution in [-0.4, -0.2) is 42.0 Å². The van der Waals surface area contributed by atoms with Gasteiger partial charge in [0.2, 0.25) is 0 Å². The first-order valence-electron chi connectivity index (χ1n) is 9.54. The molecule has 0 unspecified atom stereocenters. The van der Waals surface area contributed by atoms with E-state index >= 15 is 0 Å². The highest BCUT2D eigenvalue weighted by Gasteiger charge is 2.26. The van der Waals surface area contributed by atoms with Crippen molar-refractivity contribution in [2.75, 3.05) is 36.8 Å². The Morgan fingerprint density at radius 3 is 2.54 bits per heavy atom. The first-order valence-corrected chi connectivity index (χ1v) is 10.4. The molecule has 0 radical (unpaired) electrons. The summed E-state index contributed by atoms with van der Waals surface area (Å²) in [5.74, 6) is -0.273. The van der Waals surface area contributed by atoms with Crippen LogP contribution < -0.4 is 10.6 Å². The van der Waals surface area contributed by atoms with Crippen molar-refractivity contribution in [3.8, 4) is 0 Å². The number of halogens is 1. The molecule has 7 heteroatoms. The minimum atomic E-state index is -0.242. The summed E-state index contributed by atoms with van der Waals surface area (Å²) in [5.41, 5.74) is 8.81. The number of pyridine rings is 1. The summed E-state index contributed by atoms with van der Waals surface area (Å²) in [6.07, 6.45) is 1.95. The molecule has 28 heavy (non-hydrogen) atoms. The van der Waals surface area contributed by atoms with E-state index in [9.17, 15) is 9.18 Å². The van der Waals surface area contributed by atoms with E-state index < -0.39 is 0 Å². The number of carbonyl (C=O) groups excluding carboxylic acids is 1. The molecule has 146 valence electrons. The molecule has 0 spiro atoms. The van der Waals surface area contributed by atoms with E-state index in [0.29, 0.717) is 36.7 Å². The Morgan fingerprint density at radius 1 is 1.14 bits per heavy atom. The van der Waals surface area contributed by atoms with Crippen LogP contribution in [0.15, 0.2) is 36.4 Å². The van der Waals surface area contributed by atoms with Crippen LogP contribution in [0.4, 0.5) is 15.8 Å². The lowest BCUT2D eigenvalue weighted by atomic mass is 10.2. The first-order chi connectivity index (χ1) is 13.6. The zero-order chi connectivity index (χ0) is 19.7. The molecule has 1 aliphatic heterocycles. The standard InChI is InChI=1S/C21H23FN4OS/c1-2-3-15-6-9-17-18(23)19(28-20(17)24-15)21(27)26-12-10-25(11-13-26)16-7-4-14(22)5-8-16/h4-9H,2-3,10-13,23H2,1H3. The quantitative estimate of drug-likeness (QED) is 0.723. The number of anilines is 2. The number of amides is 1. The van der Waals surface area contributed by atoms with Gasteiger partial charge in [0.1, 0.15) is 15.5 Å². The first kappa shape index (κ1) is 18.7. The van der Waals surface area contributed by atoms with Crippen molar-refractivity contribution in [1.82, 2.24) is 9.88 Å². The summed E-state index contributed by atoms with van der Waals surface area (Å²) in [6, 6.07) is 10.4. The predicted molar refractivity (Wildman–Crippen MR) is 113 cm³/mol. The number of aromatic nitrogens is 1. The van der Waals surface area contributed by atoms with Gasteiger partial charge < -0.3 is 15.5 Å². The second-order valence-electron chi connectivity index (χ2n) is 7.01. The normalized spacial score (nSPS) is 14.6. The molecule has 1 saturated heterocycles. The number of nitrogens with two attached hydrogens (primary N) is 1. The minimum absolute atomic E-state index is 0.0312. The molecule has 2 N–H and O–H groups in total. The maximum absolute atomic E-state index is 13.1. The minimum Gasteiger partial charge on any atom is -0.397 e. The number of hydrogen-bond acceptors (Lipinski definition) is 5. The van der Waals surface area contributed by atoms with Gasteiger partial charge >= 0.3 is 0 Å². The van der Waals surface area contributed by atoms with E-state index in [1.807, 2.05) is 17.0 Å². The molecule has 0 aliphatic carbocycles. The van der Waals surface area contributed by atoms with Crippen LogP contribution in [0.5, 0.6) is 0 Å².